The number of benzene rings is 3. The smallest absolute Gasteiger partial charge is 0.335 e. The topological polar surface area (TPSA) is 130 Å². The van der Waals surface area contributed by atoms with Crippen LogP contribution < -0.4 is 0 Å². The van der Waals surface area contributed by atoms with E-state index in [-0.39, 0.29) is 19.8 Å². The molecular weight excluding hydrogens is 636 g/mol. The molecular formula is C37H46O12. The van der Waals surface area contributed by atoms with Crippen molar-refractivity contribution in [3.8, 4) is 0 Å². The molecule has 2 aliphatic heterocycles. The predicted molar refractivity (Wildman–Crippen MR) is 175 cm³/mol. The zero-order valence-corrected chi connectivity index (χ0v) is 28.2. The highest BCUT2D eigenvalue weighted by atomic mass is 16.8. The second kappa shape index (κ2) is 18.6. The Kier molecular flexibility index (Phi) is 14.1. The average Bonchev–Trinajstić information content (AvgIpc) is 3.14. The highest BCUT2D eigenvalue weighted by Crippen LogP contribution is 2.35. The molecule has 0 amide bonds. The third-order valence-corrected chi connectivity index (χ3v) is 8.63. The van der Waals surface area contributed by atoms with Gasteiger partial charge >= 0.3 is 5.97 Å². The van der Waals surface area contributed by atoms with Crippen LogP contribution >= 0.6 is 0 Å². The Bertz CT molecular complexity index is 1380. The van der Waals surface area contributed by atoms with Gasteiger partial charge in [-0.25, -0.2) is 4.79 Å². The normalized spacial score (nSPS) is 30.2. The molecule has 2 aliphatic rings. The van der Waals surface area contributed by atoms with Crippen LogP contribution in [0.3, 0.4) is 0 Å². The van der Waals surface area contributed by atoms with Gasteiger partial charge in [0.05, 0.1) is 26.4 Å². The van der Waals surface area contributed by atoms with E-state index < -0.39 is 67.4 Å². The molecule has 0 unspecified atom stereocenters. The summed E-state index contributed by atoms with van der Waals surface area (Å²) in [6.45, 7) is 0.855. The van der Waals surface area contributed by atoms with Crippen LogP contribution in [0.4, 0.5) is 0 Å². The molecule has 2 fully saturated rings. The summed E-state index contributed by atoms with van der Waals surface area (Å²) >= 11 is 0. The molecule has 49 heavy (non-hydrogen) atoms. The SMILES string of the molecule is CO[C@H]1O[C@H](COCc2ccccc2)[C@@H](O[C@H]2O[C@H](C(=O)O)[C@@H](OC)[C@H](OC)[C@H]2OC)[C@H](OCc2ccccc2)[C@H]1OCc1ccccc1. The second-order valence-corrected chi connectivity index (χ2v) is 11.8. The molecule has 12 heteroatoms. The van der Waals surface area contributed by atoms with Crippen molar-refractivity contribution in [3.63, 3.8) is 0 Å². The summed E-state index contributed by atoms with van der Waals surface area (Å²) in [4.78, 5) is 12.4. The largest absolute Gasteiger partial charge is 0.479 e. The Hall–Kier alpha value is -3.27. The summed E-state index contributed by atoms with van der Waals surface area (Å²) in [7, 11) is 5.86. The molecule has 0 bridgehead atoms. The molecule has 0 radical (unpaired) electrons. The molecule has 0 aromatic heterocycles. The van der Waals surface area contributed by atoms with Gasteiger partial charge < -0.3 is 52.5 Å². The summed E-state index contributed by atoms with van der Waals surface area (Å²) in [6.07, 6.45) is -9.47. The van der Waals surface area contributed by atoms with E-state index in [1.54, 1.807) is 0 Å². The Morgan fingerprint density at radius 1 is 0.571 bits per heavy atom. The van der Waals surface area contributed by atoms with Crippen molar-refractivity contribution < 1.29 is 57.3 Å². The molecule has 266 valence electrons. The third kappa shape index (κ3) is 9.50. The molecule has 2 heterocycles. The first-order valence-electron chi connectivity index (χ1n) is 16.2. The fraction of sp³-hybridized carbons (Fsp3) is 0.486. The number of carboxylic acids is 1. The lowest BCUT2D eigenvalue weighted by Crippen LogP contribution is -2.66. The van der Waals surface area contributed by atoms with Gasteiger partial charge in [0.2, 0.25) is 0 Å². The summed E-state index contributed by atoms with van der Waals surface area (Å²) in [5, 5.41) is 10.1. The van der Waals surface area contributed by atoms with Crippen molar-refractivity contribution in [2.24, 2.45) is 0 Å². The standard InChI is InChI=1S/C37H46O12/c1-40-29-30(41-2)33(42-3)37(49-32(29)35(38)39)48-28-27(23-44-20-24-14-8-5-9-15-24)47-36(43-4)34(46-22-26-18-12-7-13-19-26)31(28)45-21-25-16-10-6-11-17-25/h5-19,27-34,36-37H,20-23H2,1-4H3,(H,38,39)/t27-,28-,29+,30+,31+,32+,33-,34-,36+,37+/m1/s1. The van der Waals surface area contributed by atoms with Gasteiger partial charge in [0.1, 0.15) is 42.7 Å². The maximum absolute atomic E-state index is 12.4. The Labute approximate surface area is 287 Å². The number of methoxy groups -OCH3 is 4. The first-order valence-corrected chi connectivity index (χ1v) is 16.2. The van der Waals surface area contributed by atoms with Gasteiger partial charge in [-0.05, 0) is 16.7 Å². The Morgan fingerprint density at radius 2 is 1.08 bits per heavy atom. The summed E-state index contributed by atoms with van der Waals surface area (Å²) in [6, 6.07) is 29.2. The molecule has 10 atom stereocenters. The monoisotopic (exact) mass is 682 g/mol. The van der Waals surface area contributed by atoms with E-state index in [9.17, 15) is 9.90 Å². The maximum Gasteiger partial charge on any atom is 0.335 e. The first kappa shape index (κ1) is 37.0. The van der Waals surface area contributed by atoms with E-state index in [2.05, 4.69) is 0 Å². The lowest BCUT2D eigenvalue weighted by atomic mass is 9.96. The molecule has 0 aliphatic carbocycles. The zero-order valence-electron chi connectivity index (χ0n) is 28.2. The molecule has 0 spiro atoms. The van der Waals surface area contributed by atoms with Crippen LogP contribution in [-0.4, -0.2) is 108 Å². The molecule has 0 saturated carbocycles. The van der Waals surface area contributed by atoms with Gasteiger partial charge in [0.25, 0.3) is 0 Å². The molecule has 3 aromatic rings. The van der Waals surface area contributed by atoms with Crippen molar-refractivity contribution in [1.29, 1.82) is 0 Å². The van der Waals surface area contributed by atoms with Crippen LogP contribution in [0.2, 0.25) is 0 Å². The average molecular weight is 683 g/mol. The van der Waals surface area contributed by atoms with Gasteiger partial charge in [-0.1, -0.05) is 91.0 Å². The van der Waals surface area contributed by atoms with Gasteiger partial charge in [-0.2, -0.15) is 0 Å². The van der Waals surface area contributed by atoms with Crippen molar-refractivity contribution in [3.05, 3.63) is 108 Å². The number of carbonyl (C=O) groups is 1. The molecule has 2 saturated heterocycles. The van der Waals surface area contributed by atoms with E-state index in [4.69, 9.17) is 47.4 Å². The summed E-state index contributed by atoms with van der Waals surface area (Å²) in [5.74, 6) is -1.24. The van der Waals surface area contributed by atoms with Crippen molar-refractivity contribution in [2.45, 2.75) is 81.2 Å². The predicted octanol–water partition coefficient (Wildman–Crippen LogP) is 3.99. The van der Waals surface area contributed by atoms with Gasteiger partial charge in [-0.15, -0.1) is 0 Å². The first-order chi connectivity index (χ1) is 24.0. The minimum Gasteiger partial charge on any atom is -0.479 e. The van der Waals surface area contributed by atoms with E-state index in [0.717, 1.165) is 16.7 Å². The highest BCUT2D eigenvalue weighted by molar-refractivity contribution is 5.73. The lowest BCUT2D eigenvalue weighted by molar-refractivity contribution is -0.366. The van der Waals surface area contributed by atoms with E-state index in [0.29, 0.717) is 6.61 Å². The number of rotatable bonds is 17. The minimum atomic E-state index is -1.41. The van der Waals surface area contributed by atoms with Gasteiger partial charge in [0, 0.05) is 28.4 Å². The van der Waals surface area contributed by atoms with Crippen LogP contribution in [0.5, 0.6) is 0 Å². The van der Waals surface area contributed by atoms with Crippen LogP contribution in [0.1, 0.15) is 16.7 Å². The maximum atomic E-state index is 12.4. The minimum absolute atomic E-state index is 0.0805. The number of ether oxygens (including phenoxy) is 10. The van der Waals surface area contributed by atoms with E-state index in [1.807, 2.05) is 91.0 Å². The van der Waals surface area contributed by atoms with Crippen molar-refractivity contribution in [2.75, 3.05) is 35.0 Å². The number of hydrogen-bond donors (Lipinski definition) is 1. The molecule has 5 rings (SSSR count). The number of aliphatic carboxylic acids is 1. The van der Waals surface area contributed by atoms with E-state index in [1.165, 1.54) is 28.4 Å². The fourth-order valence-corrected chi connectivity index (χ4v) is 6.18. The quantitative estimate of drug-likeness (QED) is 0.221. The summed E-state index contributed by atoms with van der Waals surface area (Å²) < 4.78 is 61.5. The molecule has 3 aromatic carbocycles. The third-order valence-electron chi connectivity index (χ3n) is 8.63. The number of hydrogen-bond acceptors (Lipinski definition) is 11. The van der Waals surface area contributed by atoms with Gasteiger partial charge in [0.15, 0.2) is 18.7 Å². The van der Waals surface area contributed by atoms with Crippen LogP contribution in [0.15, 0.2) is 91.0 Å². The molecule has 1 N–H and O–H groups in total. The zero-order chi connectivity index (χ0) is 34.6. The Morgan fingerprint density at radius 3 is 1.57 bits per heavy atom. The van der Waals surface area contributed by atoms with Crippen molar-refractivity contribution in [1.82, 2.24) is 0 Å². The second-order valence-electron chi connectivity index (χ2n) is 11.8. The van der Waals surface area contributed by atoms with Crippen LogP contribution in [0, 0.1) is 0 Å². The molecule has 12 nitrogen and oxygen atoms in total. The summed E-state index contributed by atoms with van der Waals surface area (Å²) in [5.41, 5.74) is 2.85. The fourth-order valence-electron chi connectivity index (χ4n) is 6.18. The highest BCUT2D eigenvalue weighted by Gasteiger charge is 2.55. The van der Waals surface area contributed by atoms with Crippen LogP contribution in [-0.2, 0) is 72.0 Å². The number of carboxylic acid groups (broad SMARTS) is 1. The Balaban J connectivity index is 1.49. The van der Waals surface area contributed by atoms with Crippen molar-refractivity contribution >= 4 is 5.97 Å². The van der Waals surface area contributed by atoms with Gasteiger partial charge in [-0.3, -0.25) is 0 Å². The van der Waals surface area contributed by atoms with E-state index >= 15 is 0 Å². The lowest BCUT2D eigenvalue weighted by Gasteiger charge is -2.49. The van der Waals surface area contributed by atoms with Crippen LogP contribution in [0.25, 0.3) is 0 Å².